The molecule has 1 fully saturated rings. The zero-order valence-corrected chi connectivity index (χ0v) is 15.6. The Hall–Kier alpha value is -1.14. The maximum absolute atomic E-state index is 12.4. The van der Waals surface area contributed by atoms with E-state index < -0.39 is 0 Å². The van der Waals surface area contributed by atoms with Crippen LogP contribution in [0.2, 0.25) is 0 Å². The Morgan fingerprint density at radius 2 is 2.04 bits per heavy atom. The Kier molecular flexibility index (Phi) is 9.29. The van der Waals surface area contributed by atoms with Gasteiger partial charge in [0.2, 0.25) is 5.91 Å². The van der Waals surface area contributed by atoms with Crippen LogP contribution < -0.4 is 10.6 Å². The first-order valence-corrected chi connectivity index (χ1v) is 8.39. The molecule has 1 aliphatic rings. The normalized spacial score (nSPS) is 15.3. The molecule has 2 N–H and O–H groups in total. The van der Waals surface area contributed by atoms with Gasteiger partial charge < -0.3 is 20.1 Å². The molecule has 0 bridgehead atoms. The number of anilines is 1. The highest BCUT2D eigenvalue weighted by Crippen LogP contribution is 2.23. The minimum atomic E-state index is 0. The van der Waals surface area contributed by atoms with Gasteiger partial charge in [-0.15, -0.1) is 12.4 Å². The van der Waals surface area contributed by atoms with Gasteiger partial charge in [-0.3, -0.25) is 4.79 Å². The second-order valence-electron chi connectivity index (χ2n) is 6.04. The highest BCUT2D eigenvalue weighted by Gasteiger charge is 2.28. The molecule has 1 amide bonds. The number of carbonyl (C=O) groups is 1. The van der Waals surface area contributed by atoms with E-state index >= 15 is 0 Å². The van der Waals surface area contributed by atoms with E-state index in [4.69, 9.17) is 9.47 Å². The van der Waals surface area contributed by atoms with E-state index in [1.165, 1.54) is 0 Å². The van der Waals surface area contributed by atoms with E-state index in [-0.39, 0.29) is 24.2 Å². The minimum Gasteiger partial charge on any atom is -0.379 e. The molecule has 1 aliphatic heterocycles. The molecule has 1 saturated heterocycles. The number of nitrogens with one attached hydrogen (secondary N) is 2. The third-order valence-corrected chi connectivity index (χ3v) is 4.47. The maximum atomic E-state index is 12.4. The van der Waals surface area contributed by atoms with Crippen LogP contribution in [0.15, 0.2) is 18.2 Å². The van der Waals surface area contributed by atoms with Crippen LogP contribution in [0.1, 0.15) is 25.0 Å². The zero-order valence-electron chi connectivity index (χ0n) is 14.8. The number of amides is 1. The smallest absolute Gasteiger partial charge is 0.227 e. The molecule has 0 radical (unpaired) electrons. The maximum Gasteiger partial charge on any atom is 0.227 e. The Morgan fingerprint density at radius 3 is 2.67 bits per heavy atom. The monoisotopic (exact) mass is 356 g/mol. The average molecular weight is 357 g/mol. The molecule has 2 rings (SSSR count). The number of ether oxygens (including phenoxy) is 2. The first kappa shape index (κ1) is 20.9. The standard InChI is InChI=1S/C18H28N2O3.ClH/c1-4-22-8-9-23-12-15-6-5-7-17(13(15)2)20-18(21)14(3)16-10-19-11-16;/h5-7,14,16,19H,4,8-12H2,1-3H3,(H,20,21);1H. The topological polar surface area (TPSA) is 59.6 Å². The number of hydrogen-bond donors (Lipinski definition) is 2. The lowest BCUT2D eigenvalue weighted by atomic mass is 9.88. The Bertz CT molecular complexity index is 521. The summed E-state index contributed by atoms with van der Waals surface area (Å²) in [6, 6.07) is 5.94. The van der Waals surface area contributed by atoms with Gasteiger partial charge in [0.15, 0.2) is 0 Å². The first-order chi connectivity index (χ1) is 11.1. The quantitative estimate of drug-likeness (QED) is 0.668. The predicted octanol–water partition coefficient (Wildman–Crippen LogP) is 2.76. The molecule has 5 nitrogen and oxygen atoms in total. The molecular weight excluding hydrogens is 328 g/mol. The second-order valence-corrected chi connectivity index (χ2v) is 6.04. The molecule has 0 saturated carbocycles. The van der Waals surface area contributed by atoms with Crippen LogP contribution in [0.25, 0.3) is 0 Å². The summed E-state index contributed by atoms with van der Waals surface area (Å²) in [5, 5.41) is 6.28. The molecule has 6 heteroatoms. The van der Waals surface area contributed by atoms with Crippen molar-refractivity contribution < 1.29 is 14.3 Å². The molecule has 0 aliphatic carbocycles. The van der Waals surface area contributed by atoms with E-state index in [9.17, 15) is 4.79 Å². The highest BCUT2D eigenvalue weighted by atomic mass is 35.5. The van der Waals surface area contributed by atoms with E-state index in [1.807, 2.05) is 39.0 Å². The molecule has 0 spiro atoms. The molecule has 1 atom stereocenters. The van der Waals surface area contributed by atoms with E-state index in [1.54, 1.807) is 0 Å². The molecule has 136 valence electrons. The fraction of sp³-hybridized carbons (Fsp3) is 0.611. The lowest BCUT2D eigenvalue weighted by Crippen LogP contribution is -2.48. The molecule has 1 aromatic carbocycles. The largest absolute Gasteiger partial charge is 0.379 e. The molecule has 1 heterocycles. The van der Waals surface area contributed by atoms with Gasteiger partial charge in [0.25, 0.3) is 0 Å². The van der Waals surface area contributed by atoms with Gasteiger partial charge in [-0.25, -0.2) is 0 Å². The van der Waals surface area contributed by atoms with E-state index in [2.05, 4.69) is 10.6 Å². The van der Waals surface area contributed by atoms with Gasteiger partial charge in [0.1, 0.15) is 0 Å². The van der Waals surface area contributed by atoms with Crippen molar-refractivity contribution in [2.75, 3.05) is 38.2 Å². The lowest BCUT2D eigenvalue weighted by Gasteiger charge is -2.31. The van der Waals surface area contributed by atoms with Gasteiger partial charge in [-0.05, 0) is 50.0 Å². The van der Waals surface area contributed by atoms with Gasteiger partial charge in [0.05, 0.1) is 19.8 Å². The van der Waals surface area contributed by atoms with Crippen molar-refractivity contribution in [1.29, 1.82) is 0 Å². The fourth-order valence-corrected chi connectivity index (χ4v) is 2.54. The summed E-state index contributed by atoms with van der Waals surface area (Å²) in [6.07, 6.45) is 0. The highest BCUT2D eigenvalue weighted by molar-refractivity contribution is 5.93. The van der Waals surface area contributed by atoms with Crippen molar-refractivity contribution in [1.82, 2.24) is 5.32 Å². The number of benzene rings is 1. The summed E-state index contributed by atoms with van der Waals surface area (Å²) in [5.41, 5.74) is 3.04. The van der Waals surface area contributed by atoms with Crippen LogP contribution in [-0.4, -0.2) is 38.8 Å². The van der Waals surface area contributed by atoms with E-state index in [0.29, 0.717) is 32.3 Å². The summed E-state index contributed by atoms with van der Waals surface area (Å²) in [7, 11) is 0. The van der Waals surface area contributed by atoms with Crippen LogP contribution in [-0.2, 0) is 20.9 Å². The van der Waals surface area contributed by atoms with Gasteiger partial charge >= 0.3 is 0 Å². The van der Waals surface area contributed by atoms with Crippen LogP contribution >= 0.6 is 12.4 Å². The van der Waals surface area contributed by atoms with Crippen LogP contribution in [0.4, 0.5) is 5.69 Å². The zero-order chi connectivity index (χ0) is 16.7. The Morgan fingerprint density at radius 1 is 1.33 bits per heavy atom. The summed E-state index contributed by atoms with van der Waals surface area (Å²) in [6.45, 7) is 10.3. The molecular formula is C18H29ClN2O3. The summed E-state index contributed by atoms with van der Waals surface area (Å²) < 4.78 is 10.9. The second kappa shape index (κ2) is 10.7. The van der Waals surface area contributed by atoms with Crippen molar-refractivity contribution in [2.45, 2.75) is 27.4 Å². The number of hydrogen-bond acceptors (Lipinski definition) is 4. The van der Waals surface area contributed by atoms with Crippen molar-refractivity contribution >= 4 is 24.0 Å². The molecule has 24 heavy (non-hydrogen) atoms. The predicted molar refractivity (Wildman–Crippen MR) is 98.7 cm³/mol. The molecule has 0 aromatic heterocycles. The lowest BCUT2D eigenvalue weighted by molar-refractivity contribution is -0.121. The summed E-state index contributed by atoms with van der Waals surface area (Å²) in [4.78, 5) is 12.4. The minimum absolute atomic E-state index is 0. The average Bonchev–Trinajstić information content (AvgIpc) is 2.48. The SMILES string of the molecule is CCOCCOCc1cccc(NC(=O)C(C)C2CNC2)c1C.Cl. The number of carbonyl (C=O) groups excluding carboxylic acids is 1. The summed E-state index contributed by atoms with van der Waals surface area (Å²) >= 11 is 0. The first-order valence-electron chi connectivity index (χ1n) is 8.39. The van der Waals surface area contributed by atoms with E-state index in [0.717, 1.165) is 29.9 Å². The van der Waals surface area contributed by atoms with Gasteiger partial charge in [0, 0.05) is 18.2 Å². The van der Waals surface area contributed by atoms with Crippen LogP contribution in [0.3, 0.4) is 0 Å². The molecule has 1 aromatic rings. The van der Waals surface area contributed by atoms with Gasteiger partial charge in [-0.1, -0.05) is 19.1 Å². The summed E-state index contributed by atoms with van der Waals surface area (Å²) in [5.74, 6) is 0.566. The van der Waals surface area contributed by atoms with Crippen LogP contribution in [0, 0.1) is 18.8 Å². The third-order valence-electron chi connectivity index (χ3n) is 4.47. The van der Waals surface area contributed by atoms with Gasteiger partial charge in [-0.2, -0.15) is 0 Å². The van der Waals surface area contributed by atoms with Crippen molar-refractivity contribution in [3.8, 4) is 0 Å². The van der Waals surface area contributed by atoms with Crippen molar-refractivity contribution in [3.63, 3.8) is 0 Å². The Labute approximate surface area is 150 Å². The van der Waals surface area contributed by atoms with Crippen LogP contribution in [0.5, 0.6) is 0 Å². The van der Waals surface area contributed by atoms with Crippen molar-refractivity contribution in [2.24, 2.45) is 11.8 Å². The third kappa shape index (κ3) is 5.74. The van der Waals surface area contributed by atoms with Crippen molar-refractivity contribution in [3.05, 3.63) is 29.3 Å². The number of halogens is 1. The molecule has 1 unspecified atom stereocenters. The number of rotatable bonds is 9. The Balaban J connectivity index is 0.00000288. The fourth-order valence-electron chi connectivity index (χ4n) is 2.54.